The number of pyridine rings is 1. The lowest BCUT2D eigenvalue weighted by Crippen LogP contribution is -2.38. The van der Waals surface area contributed by atoms with Gasteiger partial charge in [-0.3, -0.25) is 14.6 Å². The van der Waals surface area contributed by atoms with E-state index in [2.05, 4.69) is 19.9 Å². The number of carbonyl (C=O) groups excluding carboxylic acids is 2. The van der Waals surface area contributed by atoms with Crippen molar-refractivity contribution in [3.63, 3.8) is 0 Å². The van der Waals surface area contributed by atoms with E-state index in [0.717, 1.165) is 42.9 Å². The van der Waals surface area contributed by atoms with Crippen LogP contribution in [0.5, 0.6) is 0 Å². The summed E-state index contributed by atoms with van der Waals surface area (Å²) in [5.41, 5.74) is 2.83. The Kier molecular flexibility index (Phi) is 6.84. The van der Waals surface area contributed by atoms with Gasteiger partial charge in [0.25, 0.3) is 0 Å². The van der Waals surface area contributed by atoms with Crippen LogP contribution in [0.3, 0.4) is 0 Å². The molecule has 2 aromatic rings. The normalized spacial score (nSPS) is 14.4. The summed E-state index contributed by atoms with van der Waals surface area (Å²) in [5.74, 6) is -0.541. The van der Waals surface area contributed by atoms with E-state index in [9.17, 15) is 9.59 Å². The van der Waals surface area contributed by atoms with E-state index in [1.54, 1.807) is 12.4 Å². The smallest absolute Gasteiger partial charge is 0.325 e. The lowest BCUT2D eigenvalue weighted by molar-refractivity contribution is -0.149. The standard InChI is InChI=1S/C21H25N3O4/c1-27-21(26)15-23-17-4-2-16(3-5-17)14-20(25)28-19-8-12-24(13-9-19)18-6-10-22-11-7-18/h2-7,10-11,19,23H,8-9,12-15H2,1H3. The van der Waals surface area contributed by atoms with Crippen molar-refractivity contribution in [3.8, 4) is 0 Å². The van der Waals surface area contributed by atoms with Crippen LogP contribution >= 0.6 is 0 Å². The van der Waals surface area contributed by atoms with Gasteiger partial charge in [-0.2, -0.15) is 0 Å². The predicted octanol–water partition coefficient (Wildman–Crippen LogP) is 2.42. The minimum atomic E-state index is -0.331. The van der Waals surface area contributed by atoms with Gasteiger partial charge >= 0.3 is 11.9 Å². The Balaban J connectivity index is 1.41. The maximum absolute atomic E-state index is 12.3. The summed E-state index contributed by atoms with van der Waals surface area (Å²) in [6.45, 7) is 1.83. The maximum Gasteiger partial charge on any atom is 0.325 e. The van der Waals surface area contributed by atoms with E-state index in [-0.39, 0.29) is 31.0 Å². The summed E-state index contributed by atoms with van der Waals surface area (Å²) in [6.07, 6.45) is 5.43. The Morgan fingerprint density at radius 3 is 2.39 bits per heavy atom. The molecule has 1 fully saturated rings. The van der Waals surface area contributed by atoms with Gasteiger partial charge in [0.2, 0.25) is 0 Å². The largest absolute Gasteiger partial charge is 0.468 e. The molecule has 28 heavy (non-hydrogen) atoms. The molecule has 7 nitrogen and oxygen atoms in total. The van der Waals surface area contributed by atoms with Crippen LogP contribution in [0.25, 0.3) is 0 Å². The van der Waals surface area contributed by atoms with Crippen LogP contribution in [-0.4, -0.2) is 49.8 Å². The van der Waals surface area contributed by atoms with Gasteiger partial charge in [0, 0.05) is 49.7 Å². The number of carbonyl (C=O) groups is 2. The molecule has 1 N–H and O–H groups in total. The molecule has 1 aromatic carbocycles. The van der Waals surface area contributed by atoms with Crippen LogP contribution in [0, 0.1) is 0 Å². The van der Waals surface area contributed by atoms with Crippen molar-refractivity contribution in [2.45, 2.75) is 25.4 Å². The average Bonchev–Trinajstić information content (AvgIpc) is 2.74. The zero-order valence-corrected chi connectivity index (χ0v) is 16.0. The molecule has 1 aliphatic heterocycles. The minimum Gasteiger partial charge on any atom is -0.468 e. The second kappa shape index (κ2) is 9.73. The fourth-order valence-corrected chi connectivity index (χ4v) is 3.17. The lowest BCUT2D eigenvalue weighted by Gasteiger charge is -2.33. The van der Waals surface area contributed by atoms with Crippen molar-refractivity contribution in [1.82, 2.24) is 4.98 Å². The van der Waals surface area contributed by atoms with Gasteiger partial charge in [-0.25, -0.2) is 0 Å². The van der Waals surface area contributed by atoms with Gasteiger partial charge in [-0.1, -0.05) is 12.1 Å². The SMILES string of the molecule is COC(=O)CNc1ccc(CC(=O)OC2CCN(c3ccncc3)CC2)cc1. The highest BCUT2D eigenvalue weighted by Crippen LogP contribution is 2.21. The average molecular weight is 383 g/mol. The topological polar surface area (TPSA) is 80.8 Å². The molecule has 0 spiro atoms. The number of nitrogens with one attached hydrogen (secondary N) is 1. The fourth-order valence-electron chi connectivity index (χ4n) is 3.17. The molecule has 0 bridgehead atoms. The zero-order chi connectivity index (χ0) is 19.8. The van der Waals surface area contributed by atoms with Gasteiger partial charge in [0.15, 0.2) is 0 Å². The number of nitrogens with zero attached hydrogens (tertiary/aromatic N) is 2. The molecular formula is C21H25N3O4. The molecule has 2 heterocycles. The summed E-state index contributed by atoms with van der Waals surface area (Å²) in [4.78, 5) is 29.7. The quantitative estimate of drug-likeness (QED) is 0.736. The molecule has 0 radical (unpaired) electrons. The molecule has 0 amide bonds. The van der Waals surface area contributed by atoms with E-state index in [1.807, 2.05) is 36.4 Å². The number of benzene rings is 1. The third-order valence-electron chi connectivity index (χ3n) is 4.73. The third-order valence-corrected chi connectivity index (χ3v) is 4.73. The highest BCUT2D eigenvalue weighted by molar-refractivity contribution is 5.75. The van der Waals surface area contributed by atoms with E-state index < -0.39 is 0 Å². The molecule has 148 valence electrons. The van der Waals surface area contributed by atoms with Crippen LogP contribution in [0.4, 0.5) is 11.4 Å². The molecule has 7 heteroatoms. The van der Waals surface area contributed by atoms with Crippen LogP contribution < -0.4 is 10.2 Å². The van der Waals surface area contributed by atoms with Crippen molar-refractivity contribution in [1.29, 1.82) is 0 Å². The molecule has 0 aliphatic carbocycles. The third kappa shape index (κ3) is 5.70. The van der Waals surface area contributed by atoms with E-state index in [0.29, 0.717) is 0 Å². The Bertz CT molecular complexity index is 772. The summed E-state index contributed by atoms with van der Waals surface area (Å²) in [7, 11) is 1.35. The minimum absolute atomic E-state index is 0.0356. The summed E-state index contributed by atoms with van der Waals surface area (Å²) >= 11 is 0. The monoisotopic (exact) mass is 383 g/mol. The summed E-state index contributed by atoms with van der Waals surface area (Å²) < 4.78 is 10.2. The van der Waals surface area contributed by atoms with Crippen LogP contribution in [0.1, 0.15) is 18.4 Å². The van der Waals surface area contributed by atoms with Gasteiger partial charge in [-0.05, 0) is 29.8 Å². The Morgan fingerprint density at radius 1 is 1.07 bits per heavy atom. The molecule has 0 atom stereocenters. The highest BCUT2D eigenvalue weighted by atomic mass is 16.5. The molecule has 1 aromatic heterocycles. The molecular weight excluding hydrogens is 358 g/mol. The number of hydrogen-bond acceptors (Lipinski definition) is 7. The van der Waals surface area contributed by atoms with Crippen molar-refractivity contribution in [3.05, 3.63) is 54.4 Å². The summed E-state index contributed by atoms with van der Waals surface area (Å²) in [5, 5.41) is 2.96. The Labute approximate surface area is 164 Å². The van der Waals surface area contributed by atoms with Gasteiger partial charge in [0.1, 0.15) is 12.6 Å². The predicted molar refractivity (Wildman–Crippen MR) is 106 cm³/mol. The van der Waals surface area contributed by atoms with Gasteiger partial charge < -0.3 is 19.7 Å². The first-order valence-electron chi connectivity index (χ1n) is 9.38. The van der Waals surface area contributed by atoms with Crippen LogP contribution in [0.15, 0.2) is 48.8 Å². The van der Waals surface area contributed by atoms with Crippen molar-refractivity contribution in [2.75, 3.05) is 37.0 Å². The van der Waals surface area contributed by atoms with Crippen molar-refractivity contribution in [2.24, 2.45) is 0 Å². The Morgan fingerprint density at radius 2 is 1.75 bits per heavy atom. The van der Waals surface area contributed by atoms with E-state index in [4.69, 9.17) is 4.74 Å². The van der Waals surface area contributed by atoms with Gasteiger partial charge in [-0.15, -0.1) is 0 Å². The number of methoxy groups -OCH3 is 1. The lowest BCUT2D eigenvalue weighted by atomic mass is 10.1. The number of hydrogen-bond donors (Lipinski definition) is 1. The second-order valence-corrected chi connectivity index (χ2v) is 6.69. The fraction of sp³-hybridized carbons (Fsp3) is 0.381. The zero-order valence-electron chi connectivity index (χ0n) is 16.0. The Hall–Kier alpha value is -3.09. The van der Waals surface area contributed by atoms with E-state index >= 15 is 0 Å². The molecule has 1 saturated heterocycles. The highest BCUT2D eigenvalue weighted by Gasteiger charge is 2.22. The van der Waals surface area contributed by atoms with Crippen molar-refractivity contribution >= 4 is 23.3 Å². The number of ether oxygens (including phenoxy) is 2. The first-order valence-corrected chi connectivity index (χ1v) is 9.38. The maximum atomic E-state index is 12.3. The summed E-state index contributed by atoms with van der Waals surface area (Å²) in [6, 6.07) is 11.4. The van der Waals surface area contributed by atoms with Crippen LogP contribution in [0.2, 0.25) is 0 Å². The van der Waals surface area contributed by atoms with Gasteiger partial charge in [0.05, 0.1) is 13.5 Å². The molecule has 0 unspecified atom stereocenters. The number of piperidine rings is 1. The molecule has 3 rings (SSSR count). The second-order valence-electron chi connectivity index (χ2n) is 6.69. The van der Waals surface area contributed by atoms with E-state index in [1.165, 1.54) is 7.11 Å². The number of aromatic nitrogens is 1. The van der Waals surface area contributed by atoms with Crippen molar-refractivity contribution < 1.29 is 19.1 Å². The number of esters is 2. The number of anilines is 2. The first kappa shape index (κ1) is 19.7. The molecule has 1 aliphatic rings. The molecule has 0 saturated carbocycles. The number of rotatable bonds is 7. The van der Waals surface area contributed by atoms with Crippen LogP contribution in [-0.2, 0) is 25.5 Å². The first-order chi connectivity index (χ1) is 13.6.